The quantitative estimate of drug-likeness (QED) is 0.301. The molecule has 0 aliphatic rings. The molecular weight excluding hydrogens is 386 g/mol. The summed E-state index contributed by atoms with van der Waals surface area (Å²) in [7, 11) is 0. The highest BCUT2D eigenvalue weighted by molar-refractivity contribution is 5.77. The third-order valence-electron chi connectivity index (χ3n) is 5.50. The molecule has 3 rings (SSSR count). The predicted molar refractivity (Wildman–Crippen MR) is 127 cm³/mol. The number of esters is 1. The second kappa shape index (κ2) is 10.2. The number of rotatable bonds is 8. The van der Waals surface area contributed by atoms with Crippen LogP contribution in [0.2, 0.25) is 0 Å². The summed E-state index contributed by atoms with van der Waals surface area (Å²) in [6.07, 6.45) is 0.376. The van der Waals surface area contributed by atoms with Gasteiger partial charge >= 0.3 is 5.97 Å². The van der Waals surface area contributed by atoms with E-state index in [0.717, 1.165) is 22.8 Å². The van der Waals surface area contributed by atoms with Gasteiger partial charge in [0.05, 0.1) is 0 Å². The molecule has 31 heavy (non-hydrogen) atoms. The van der Waals surface area contributed by atoms with Gasteiger partial charge in [0.2, 0.25) is 0 Å². The van der Waals surface area contributed by atoms with Crippen molar-refractivity contribution in [1.82, 2.24) is 0 Å². The molecule has 0 unspecified atom stereocenters. The molecule has 0 saturated heterocycles. The maximum Gasteiger partial charge on any atom is 0.305 e. The molecule has 3 aromatic carbocycles. The van der Waals surface area contributed by atoms with Crippen LogP contribution in [0.4, 0.5) is 17.1 Å². The van der Waals surface area contributed by atoms with Gasteiger partial charge in [-0.1, -0.05) is 19.1 Å². The number of anilines is 3. The monoisotopic (exact) mass is 417 g/mol. The molecule has 0 aliphatic heterocycles. The van der Waals surface area contributed by atoms with E-state index in [4.69, 9.17) is 9.47 Å². The summed E-state index contributed by atoms with van der Waals surface area (Å²) in [4.78, 5) is 13.5. The minimum absolute atomic E-state index is 0.212. The van der Waals surface area contributed by atoms with E-state index in [0.29, 0.717) is 13.0 Å². The molecule has 0 aliphatic carbocycles. The van der Waals surface area contributed by atoms with E-state index in [1.165, 1.54) is 22.3 Å². The Balaban J connectivity index is 1.86. The Morgan fingerprint density at radius 2 is 1.23 bits per heavy atom. The van der Waals surface area contributed by atoms with Gasteiger partial charge in [-0.2, -0.15) is 0 Å². The van der Waals surface area contributed by atoms with Crippen LogP contribution in [0.3, 0.4) is 0 Å². The van der Waals surface area contributed by atoms with Crippen LogP contribution in [-0.2, 0) is 9.53 Å². The first-order chi connectivity index (χ1) is 14.9. The highest BCUT2D eigenvalue weighted by atomic mass is 16.6. The molecule has 0 bridgehead atoms. The van der Waals surface area contributed by atoms with E-state index in [1.54, 1.807) is 6.92 Å². The average molecular weight is 418 g/mol. The van der Waals surface area contributed by atoms with Crippen LogP contribution in [0.15, 0.2) is 60.7 Å². The smallest absolute Gasteiger partial charge is 0.305 e. The normalized spacial score (nSPS) is 10.6. The molecule has 0 heterocycles. The van der Waals surface area contributed by atoms with Crippen molar-refractivity contribution in [2.24, 2.45) is 0 Å². The van der Waals surface area contributed by atoms with Crippen molar-refractivity contribution >= 4 is 23.0 Å². The molecule has 0 spiro atoms. The number of ether oxygens (including phenoxy) is 2. The number of nitrogens with zero attached hydrogens (tertiary/aromatic N) is 1. The minimum Gasteiger partial charge on any atom is -0.490 e. The van der Waals surface area contributed by atoms with Gasteiger partial charge in [-0.05, 0) is 98.5 Å². The second-order valence-corrected chi connectivity index (χ2v) is 7.79. The average Bonchev–Trinajstić information content (AvgIpc) is 2.77. The van der Waals surface area contributed by atoms with E-state index in [9.17, 15) is 4.79 Å². The van der Waals surface area contributed by atoms with Gasteiger partial charge < -0.3 is 14.4 Å². The van der Waals surface area contributed by atoms with Gasteiger partial charge in [0, 0.05) is 23.5 Å². The summed E-state index contributed by atoms with van der Waals surface area (Å²) in [5.41, 5.74) is 8.35. The first-order valence-corrected chi connectivity index (χ1v) is 10.7. The van der Waals surface area contributed by atoms with Crippen molar-refractivity contribution in [2.45, 2.75) is 41.0 Å². The van der Waals surface area contributed by atoms with E-state index >= 15 is 0 Å². The minimum atomic E-state index is -0.212. The Morgan fingerprint density at radius 1 is 0.710 bits per heavy atom. The number of carbonyl (C=O) groups excluding carboxylic acids is 1. The van der Waals surface area contributed by atoms with Crippen molar-refractivity contribution < 1.29 is 14.3 Å². The van der Waals surface area contributed by atoms with Gasteiger partial charge in [0.15, 0.2) is 0 Å². The Morgan fingerprint density at radius 3 is 1.71 bits per heavy atom. The maximum atomic E-state index is 11.2. The summed E-state index contributed by atoms with van der Waals surface area (Å²) in [6.45, 7) is 10.9. The molecule has 0 aromatic heterocycles. The fourth-order valence-electron chi connectivity index (χ4n) is 3.29. The van der Waals surface area contributed by atoms with Crippen LogP contribution in [0.1, 0.15) is 35.6 Å². The lowest BCUT2D eigenvalue weighted by molar-refractivity contribution is -0.143. The molecule has 0 fully saturated rings. The van der Waals surface area contributed by atoms with Crippen molar-refractivity contribution in [3.63, 3.8) is 0 Å². The van der Waals surface area contributed by atoms with Crippen LogP contribution in [0, 0.1) is 27.7 Å². The lowest BCUT2D eigenvalue weighted by Crippen LogP contribution is -2.12. The fourth-order valence-corrected chi connectivity index (χ4v) is 3.29. The number of aryl methyl sites for hydroxylation is 4. The fraction of sp³-hybridized carbons (Fsp3) is 0.296. The first kappa shape index (κ1) is 22.4. The first-order valence-electron chi connectivity index (χ1n) is 10.7. The van der Waals surface area contributed by atoms with Crippen molar-refractivity contribution in [3.05, 3.63) is 82.9 Å². The predicted octanol–water partition coefficient (Wildman–Crippen LogP) is 6.72. The van der Waals surface area contributed by atoms with Crippen molar-refractivity contribution in [1.29, 1.82) is 0 Å². The van der Waals surface area contributed by atoms with Gasteiger partial charge in [-0.3, -0.25) is 4.79 Å². The third kappa shape index (κ3) is 5.66. The zero-order valence-corrected chi connectivity index (χ0v) is 19.1. The molecule has 4 heteroatoms. The molecule has 0 saturated carbocycles. The molecule has 162 valence electrons. The lowest BCUT2D eigenvalue weighted by Gasteiger charge is -2.27. The standard InChI is InChI=1S/C27H31NO3/c1-6-27(29)31-16-15-30-26-13-11-23(12-14-26)28(24-9-7-19(2)21(4)17-24)25-10-8-20(3)22(5)18-25/h7-14,17-18H,6,15-16H2,1-5H3. The Bertz CT molecular complexity index is 989. The van der Waals surface area contributed by atoms with Crippen LogP contribution >= 0.6 is 0 Å². The summed E-state index contributed by atoms with van der Waals surface area (Å²) in [6, 6.07) is 21.1. The van der Waals surface area contributed by atoms with Crippen LogP contribution in [0.5, 0.6) is 5.75 Å². The summed E-state index contributed by atoms with van der Waals surface area (Å²) in [5.74, 6) is 0.535. The molecule has 0 atom stereocenters. The zero-order valence-electron chi connectivity index (χ0n) is 19.1. The Labute approximate surface area is 185 Å². The van der Waals surface area contributed by atoms with Crippen LogP contribution in [0.25, 0.3) is 0 Å². The van der Waals surface area contributed by atoms with Crippen molar-refractivity contribution in [3.8, 4) is 5.75 Å². The molecule has 0 radical (unpaired) electrons. The van der Waals surface area contributed by atoms with Crippen LogP contribution in [-0.4, -0.2) is 19.2 Å². The Hall–Kier alpha value is -3.27. The number of benzene rings is 3. The molecule has 0 amide bonds. The van der Waals surface area contributed by atoms with Crippen LogP contribution < -0.4 is 9.64 Å². The second-order valence-electron chi connectivity index (χ2n) is 7.79. The van der Waals surface area contributed by atoms with Gasteiger partial charge in [-0.15, -0.1) is 0 Å². The van der Waals surface area contributed by atoms with Gasteiger partial charge in [-0.25, -0.2) is 0 Å². The van der Waals surface area contributed by atoms with Crippen molar-refractivity contribution in [2.75, 3.05) is 18.1 Å². The van der Waals surface area contributed by atoms with E-state index in [1.807, 2.05) is 12.1 Å². The number of carbonyl (C=O) groups is 1. The maximum absolute atomic E-state index is 11.2. The SMILES string of the molecule is CCC(=O)OCCOc1ccc(N(c2ccc(C)c(C)c2)c2ccc(C)c(C)c2)cc1. The van der Waals surface area contributed by atoms with E-state index < -0.39 is 0 Å². The third-order valence-corrected chi connectivity index (χ3v) is 5.50. The molecular formula is C27H31NO3. The zero-order chi connectivity index (χ0) is 22.4. The number of hydrogen-bond acceptors (Lipinski definition) is 4. The Kier molecular flexibility index (Phi) is 7.35. The highest BCUT2D eigenvalue weighted by Crippen LogP contribution is 2.36. The molecule has 3 aromatic rings. The summed E-state index contributed by atoms with van der Waals surface area (Å²) in [5, 5.41) is 0. The lowest BCUT2D eigenvalue weighted by atomic mass is 10.1. The molecule has 0 N–H and O–H groups in total. The topological polar surface area (TPSA) is 38.8 Å². The van der Waals surface area contributed by atoms with E-state index in [-0.39, 0.29) is 12.6 Å². The largest absolute Gasteiger partial charge is 0.490 e. The summed E-state index contributed by atoms with van der Waals surface area (Å²) < 4.78 is 10.8. The van der Waals surface area contributed by atoms with Gasteiger partial charge in [0.25, 0.3) is 0 Å². The highest BCUT2D eigenvalue weighted by Gasteiger charge is 2.14. The summed E-state index contributed by atoms with van der Waals surface area (Å²) >= 11 is 0. The molecule has 4 nitrogen and oxygen atoms in total. The van der Waals surface area contributed by atoms with Gasteiger partial charge in [0.1, 0.15) is 19.0 Å². The number of hydrogen-bond donors (Lipinski definition) is 0. The van der Waals surface area contributed by atoms with E-state index in [2.05, 4.69) is 81.1 Å².